The Morgan fingerprint density at radius 2 is 1.94 bits per heavy atom. The second-order valence-electron chi connectivity index (χ2n) is 6.69. The van der Waals surface area contributed by atoms with Gasteiger partial charge in [0.05, 0.1) is 32.6 Å². The highest BCUT2D eigenvalue weighted by Gasteiger charge is 2.19. The van der Waals surface area contributed by atoms with Gasteiger partial charge < -0.3 is 18.9 Å². The van der Waals surface area contributed by atoms with E-state index >= 15 is 0 Å². The smallest absolute Gasteiger partial charge is 0.254 e. The van der Waals surface area contributed by atoms with Crippen LogP contribution in [0.3, 0.4) is 0 Å². The van der Waals surface area contributed by atoms with Crippen molar-refractivity contribution in [1.29, 1.82) is 0 Å². The predicted octanol–water partition coefficient (Wildman–Crippen LogP) is 2.40. The van der Waals surface area contributed by atoms with Crippen LogP contribution in [0.15, 0.2) is 47.0 Å². The molecule has 0 radical (unpaired) electrons. The molecule has 1 aromatic heterocycles. The molecule has 1 heterocycles. The number of ether oxygens (including phenoxy) is 2. The second kappa shape index (κ2) is 9.04. The first-order valence-corrected chi connectivity index (χ1v) is 11.0. The average Bonchev–Trinajstić information content (AvgIpc) is 3.19. The van der Waals surface area contributed by atoms with Crippen molar-refractivity contribution in [1.82, 2.24) is 15.0 Å². The molecule has 10 nitrogen and oxygen atoms in total. The van der Waals surface area contributed by atoms with Crippen LogP contribution >= 0.6 is 0 Å². The van der Waals surface area contributed by atoms with Crippen molar-refractivity contribution >= 4 is 21.6 Å². The number of anilines is 1. The van der Waals surface area contributed by atoms with Gasteiger partial charge in [-0.2, -0.15) is 4.98 Å². The van der Waals surface area contributed by atoms with Crippen LogP contribution in [0, 0.1) is 0 Å². The van der Waals surface area contributed by atoms with Gasteiger partial charge in [-0.3, -0.25) is 9.52 Å². The number of aromatic nitrogens is 2. The molecule has 0 saturated heterocycles. The van der Waals surface area contributed by atoms with E-state index in [1.165, 1.54) is 18.1 Å². The highest BCUT2D eigenvalue weighted by molar-refractivity contribution is 7.92. The van der Waals surface area contributed by atoms with Crippen LogP contribution < -0.4 is 14.2 Å². The first-order chi connectivity index (χ1) is 14.7. The first-order valence-electron chi connectivity index (χ1n) is 9.08. The average molecular weight is 446 g/mol. The number of carbonyl (C=O) groups excluding carboxylic acids is 1. The minimum atomic E-state index is -3.45. The van der Waals surface area contributed by atoms with Crippen LogP contribution in [0.5, 0.6) is 11.5 Å². The number of methoxy groups -OCH3 is 2. The van der Waals surface area contributed by atoms with E-state index in [4.69, 9.17) is 14.0 Å². The van der Waals surface area contributed by atoms with Crippen molar-refractivity contribution in [3.8, 4) is 22.9 Å². The second-order valence-corrected chi connectivity index (χ2v) is 8.44. The standard InChI is InChI=1S/C20H22N4O6S/c1-24(20(25)13-6-5-7-14(10-13)23-31(4,26)27)12-18-21-19(22-30-18)16-9-8-15(28-2)11-17(16)29-3/h5-11,23H,12H2,1-4H3. The number of carbonyl (C=O) groups is 1. The summed E-state index contributed by atoms with van der Waals surface area (Å²) < 4.78 is 41.0. The van der Waals surface area contributed by atoms with Gasteiger partial charge >= 0.3 is 0 Å². The molecule has 0 aliphatic heterocycles. The normalized spacial score (nSPS) is 11.1. The van der Waals surface area contributed by atoms with Crippen LogP contribution in [0.25, 0.3) is 11.4 Å². The molecule has 0 fully saturated rings. The van der Waals surface area contributed by atoms with Gasteiger partial charge in [0.25, 0.3) is 5.91 Å². The van der Waals surface area contributed by atoms with Crippen LogP contribution in [0.1, 0.15) is 16.2 Å². The fraction of sp³-hybridized carbons (Fsp3) is 0.250. The molecule has 2 aromatic carbocycles. The summed E-state index contributed by atoms with van der Waals surface area (Å²) in [6, 6.07) is 11.4. The fourth-order valence-corrected chi connectivity index (χ4v) is 3.39. The number of nitrogens with zero attached hydrogens (tertiary/aromatic N) is 3. The molecule has 3 aromatic rings. The molecular formula is C20H22N4O6S. The SMILES string of the molecule is COc1ccc(-c2noc(CN(C)C(=O)c3cccc(NS(C)(=O)=O)c3)n2)c(OC)c1. The molecule has 0 atom stereocenters. The maximum absolute atomic E-state index is 12.7. The van der Waals surface area contributed by atoms with E-state index in [0.29, 0.717) is 34.1 Å². The highest BCUT2D eigenvalue weighted by Crippen LogP contribution is 2.31. The Labute approximate surface area is 179 Å². The zero-order valence-corrected chi connectivity index (χ0v) is 18.3. The molecule has 0 aliphatic carbocycles. The molecule has 0 unspecified atom stereocenters. The molecule has 164 valence electrons. The number of benzene rings is 2. The molecule has 3 rings (SSSR count). The third kappa shape index (κ3) is 5.51. The highest BCUT2D eigenvalue weighted by atomic mass is 32.2. The molecule has 0 aliphatic rings. The van der Waals surface area contributed by atoms with Gasteiger partial charge in [0, 0.05) is 24.4 Å². The first kappa shape index (κ1) is 22.1. The summed E-state index contributed by atoms with van der Waals surface area (Å²) in [6.45, 7) is 0.0635. The maximum Gasteiger partial charge on any atom is 0.254 e. The van der Waals surface area contributed by atoms with Gasteiger partial charge in [0.2, 0.25) is 21.7 Å². The number of sulfonamides is 1. The zero-order chi connectivity index (χ0) is 22.6. The monoisotopic (exact) mass is 446 g/mol. The number of rotatable bonds is 8. The van der Waals surface area contributed by atoms with E-state index < -0.39 is 10.0 Å². The lowest BCUT2D eigenvalue weighted by Gasteiger charge is -2.15. The van der Waals surface area contributed by atoms with Crippen molar-refractivity contribution < 1.29 is 27.2 Å². The van der Waals surface area contributed by atoms with E-state index in [-0.39, 0.29) is 18.3 Å². The molecule has 1 amide bonds. The van der Waals surface area contributed by atoms with Crippen LogP contribution in [0.2, 0.25) is 0 Å². The Hall–Kier alpha value is -3.60. The third-order valence-electron chi connectivity index (χ3n) is 4.25. The molecule has 31 heavy (non-hydrogen) atoms. The number of nitrogens with one attached hydrogen (secondary N) is 1. The number of amides is 1. The Bertz CT molecular complexity index is 1190. The molecular weight excluding hydrogens is 424 g/mol. The van der Waals surface area contributed by atoms with Crippen molar-refractivity contribution in [3.05, 3.63) is 53.9 Å². The van der Waals surface area contributed by atoms with E-state index in [0.717, 1.165) is 6.26 Å². The van der Waals surface area contributed by atoms with Crippen molar-refractivity contribution in [2.45, 2.75) is 6.54 Å². The Balaban J connectivity index is 1.75. The summed E-state index contributed by atoms with van der Waals surface area (Å²) >= 11 is 0. The summed E-state index contributed by atoms with van der Waals surface area (Å²) in [7, 11) is 1.21. The van der Waals surface area contributed by atoms with E-state index in [2.05, 4.69) is 14.9 Å². The number of hydrogen-bond acceptors (Lipinski definition) is 8. The molecule has 0 bridgehead atoms. The van der Waals surface area contributed by atoms with Crippen LogP contribution in [0.4, 0.5) is 5.69 Å². The molecule has 11 heteroatoms. The summed E-state index contributed by atoms with van der Waals surface area (Å²) in [5, 5.41) is 3.97. The minimum Gasteiger partial charge on any atom is -0.497 e. The van der Waals surface area contributed by atoms with E-state index in [1.807, 2.05) is 0 Å². The summed E-state index contributed by atoms with van der Waals surface area (Å²) in [5.74, 6) is 1.36. The third-order valence-corrected chi connectivity index (χ3v) is 4.86. The minimum absolute atomic E-state index is 0.0635. The van der Waals surface area contributed by atoms with Gasteiger partial charge in [0.1, 0.15) is 11.5 Å². The van der Waals surface area contributed by atoms with Gasteiger partial charge in [0.15, 0.2) is 0 Å². The summed E-state index contributed by atoms with van der Waals surface area (Å²) in [4.78, 5) is 18.5. The Morgan fingerprint density at radius 1 is 1.16 bits per heavy atom. The van der Waals surface area contributed by atoms with Crippen LogP contribution in [-0.2, 0) is 16.6 Å². The van der Waals surface area contributed by atoms with Gasteiger partial charge in [-0.15, -0.1) is 0 Å². The number of hydrogen-bond donors (Lipinski definition) is 1. The maximum atomic E-state index is 12.7. The van der Waals surface area contributed by atoms with Gasteiger partial charge in [-0.1, -0.05) is 11.2 Å². The Kier molecular flexibility index (Phi) is 6.44. The lowest BCUT2D eigenvalue weighted by atomic mass is 10.2. The molecule has 0 spiro atoms. The van der Waals surface area contributed by atoms with Crippen molar-refractivity contribution in [2.75, 3.05) is 32.2 Å². The topological polar surface area (TPSA) is 124 Å². The van der Waals surface area contributed by atoms with Crippen molar-refractivity contribution in [2.24, 2.45) is 0 Å². The largest absolute Gasteiger partial charge is 0.497 e. The van der Waals surface area contributed by atoms with Crippen LogP contribution in [-0.4, -0.2) is 56.9 Å². The predicted molar refractivity (Wildman–Crippen MR) is 114 cm³/mol. The zero-order valence-electron chi connectivity index (χ0n) is 17.4. The van der Waals surface area contributed by atoms with E-state index in [9.17, 15) is 13.2 Å². The lowest BCUT2D eigenvalue weighted by Crippen LogP contribution is -2.26. The van der Waals surface area contributed by atoms with Gasteiger partial charge in [-0.25, -0.2) is 8.42 Å². The van der Waals surface area contributed by atoms with Gasteiger partial charge in [-0.05, 0) is 30.3 Å². The molecule has 0 saturated carbocycles. The van der Waals surface area contributed by atoms with Crippen molar-refractivity contribution in [3.63, 3.8) is 0 Å². The Morgan fingerprint density at radius 3 is 2.61 bits per heavy atom. The summed E-state index contributed by atoms with van der Waals surface area (Å²) in [6.07, 6.45) is 1.04. The fourth-order valence-electron chi connectivity index (χ4n) is 2.84. The van der Waals surface area contributed by atoms with E-state index in [1.54, 1.807) is 50.6 Å². The summed E-state index contributed by atoms with van der Waals surface area (Å²) in [5.41, 5.74) is 1.23. The lowest BCUT2D eigenvalue weighted by molar-refractivity contribution is 0.0769. The quantitative estimate of drug-likeness (QED) is 0.559. The molecule has 1 N–H and O–H groups in total.